The lowest BCUT2D eigenvalue weighted by Gasteiger charge is -2.18. The minimum absolute atomic E-state index is 0.121. The first-order valence-electron chi connectivity index (χ1n) is 7.65. The summed E-state index contributed by atoms with van der Waals surface area (Å²) in [7, 11) is 0. The number of halogens is 2. The second-order valence-corrected chi connectivity index (χ2v) is 7.32. The highest BCUT2D eigenvalue weighted by atomic mass is 35.5. The summed E-state index contributed by atoms with van der Waals surface area (Å²) in [5.41, 5.74) is 3.83. The van der Waals surface area contributed by atoms with Crippen molar-refractivity contribution in [2.24, 2.45) is 0 Å². The fourth-order valence-electron chi connectivity index (χ4n) is 2.42. The maximum atomic E-state index is 6.03. The van der Waals surface area contributed by atoms with Gasteiger partial charge in [-0.05, 0) is 28.1 Å². The number of imidazole rings is 1. The van der Waals surface area contributed by atoms with E-state index >= 15 is 0 Å². The number of aromatic nitrogens is 4. The molecule has 2 aromatic heterocycles. The van der Waals surface area contributed by atoms with Gasteiger partial charge in [0.05, 0.1) is 6.33 Å². The second kappa shape index (κ2) is 6.54. The highest BCUT2D eigenvalue weighted by Crippen LogP contribution is 2.23. The Morgan fingerprint density at radius 2 is 1.79 bits per heavy atom. The number of rotatable bonds is 3. The Morgan fingerprint density at radius 1 is 1.08 bits per heavy atom. The van der Waals surface area contributed by atoms with Crippen LogP contribution in [0, 0.1) is 0 Å². The molecular weight excluding hydrogens is 343 g/mol. The van der Waals surface area contributed by atoms with E-state index in [-0.39, 0.29) is 15.9 Å². The molecule has 3 aromatic rings. The second-order valence-electron chi connectivity index (χ2n) is 6.63. The summed E-state index contributed by atoms with van der Waals surface area (Å²) >= 11 is 11.9. The third kappa shape index (κ3) is 3.60. The Bertz CT molecular complexity index is 890. The summed E-state index contributed by atoms with van der Waals surface area (Å²) in [6, 6.07) is 8.58. The molecule has 0 atom stereocenters. The number of nitrogens with zero attached hydrogens (tertiary/aromatic N) is 4. The predicted molar refractivity (Wildman–Crippen MR) is 99.5 cm³/mol. The molecule has 2 heterocycles. The highest BCUT2D eigenvalue weighted by molar-refractivity contribution is 6.35. The molecule has 0 unspecified atom stereocenters. The molecule has 3 rings (SSSR count). The fraction of sp³-hybridized carbons (Fsp3) is 0.278. The normalized spacial score (nSPS) is 12.4. The summed E-state index contributed by atoms with van der Waals surface area (Å²) in [6.07, 6.45) is 5.81. The smallest absolute Gasteiger partial charge is 0.225 e. The van der Waals surface area contributed by atoms with Crippen LogP contribution >= 0.6 is 23.2 Å². The van der Waals surface area contributed by atoms with Crippen LogP contribution in [0.25, 0.3) is 17.2 Å². The standard InChI is InChI=1S/C18H18Cl2N4/c1-18(2,3)13-8-6-12(7-9-13)5-4-10-24-11-21-14-15(19)22-17(20)23-16(14)24/h4-9,11H,10H2,1-3H3/b5-4+. The van der Waals surface area contributed by atoms with E-state index in [4.69, 9.17) is 23.2 Å². The van der Waals surface area contributed by atoms with E-state index in [1.54, 1.807) is 6.33 Å². The Balaban J connectivity index is 1.77. The number of allylic oxidation sites excluding steroid dienone is 1. The average Bonchev–Trinajstić information content (AvgIpc) is 2.90. The number of benzene rings is 1. The third-order valence-electron chi connectivity index (χ3n) is 3.78. The monoisotopic (exact) mass is 360 g/mol. The number of hydrogen-bond donors (Lipinski definition) is 0. The summed E-state index contributed by atoms with van der Waals surface area (Å²) in [4.78, 5) is 12.3. The van der Waals surface area contributed by atoms with Gasteiger partial charge in [0.2, 0.25) is 5.28 Å². The zero-order valence-electron chi connectivity index (χ0n) is 13.8. The molecule has 6 heteroatoms. The van der Waals surface area contributed by atoms with E-state index in [2.05, 4.69) is 72.1 Å². The first-order chi connectivity index (χ1) is 11.3. The lowest BCUT2D eigenvalue weighted by atomic mass is 9.87. The summed E-state index contributed by atoms with van der Waals surface area (Å²) < 4.78 is 1.88. The molecule has 1 aromatic carbocycles. The quantitative estimate of drug-likeness (QED) is 0.479. The minimum Gasteiger partial charge on any atom is -0.311 e. The van der Waals surface area contributed by atoms with Crippen molar-refractivity contribution < 1.29 is 0 Å². The molecule has 4 nitrogen and oxygen atoms in total. The first-order valence-corrected chi connectivity index (χ1v) is 8.41. The molecule has 0 bridgehead atoms. The van der Waals surface area contributed by atoms with Gasteiger partial charge in [-0.15, -0.1) is 0 Å². The van der Waals surface area contributed by atoms with Crippen molar-refractivity contribution in [2.75, 3.05) is 0 Å². The van der Waals surface area contributed by atoms with Gasteiger partial charge in [0.1, 0.15) is 5.52 Å². The summed E-state index contributed by atoms with van der Waals surface area (Å²) in [5.74, 6) is 0. The van der Waals surface area contributed by atoms with Crippen LogP contribution in [-0.2, 0) is 12.0 Å². The topological polar surface area (TPSA) is 43.6 Å². The van der Waals surface area contributed by atoms with Gasteiger partial charge in [-0.25, -0.2) is 9.97 Å². The molecule has 24 heavy (non-hydrogen) atoms. The highest BCUT2D eigenvalue weighted by Gasteiger charge is 2.12. The molecule has 0 spiro atoms. The fourth-order valence-corrected chi connectivity index (χ4v) is 2.84. The molecule has 0 radical (unpaired) electrons. The zero-order chi connectivity index (χ0) is 17.3. The first kappa shape index (κ1) is 16.9. The van der Waals surface area contributed by atoms with Crippen LogP contribution in [0.4, 0.5) is 0 Å². The average molecular weight is 361 g/mol. The summed E-state index contributed by atoms with van der Waals surface area (Å²) in [6.45, 7) is 7.25. The molecule has 124 valence electrons. The lowest BCUT2D eigenvalue weighted by molar-refractivity contribution is 0.590. The molecule has 0 aliphatic heterocycles. The van der Waals surface area contributed by atoms with Crippen LogP contribution < -0.4 is 0 Å². The van der Waals surface area contributed by atoms with E-state index in [9.17, 15) is 0 Å². The van der Waals surface area contributed by atoms with Gasteiger partial charge < -0.3 is 4.57 Å². The van der Waals surface area contributed by atoms with Gasteiger partial charge in [-0.2, -0.15) is 4.98 Å². The Hall–Kier alpha value is -1.91. The minimum atomic E-state index is 0.121. The molecular formula is C18H18Cl2N4. The Morgan fingerprint density at radius 3 is 2.46 bits per heavy atom. The maximum Gasteiger partial charge on any atom is 0.225 e. The van der Waals surface area contributed by atoms with Crippen molar-refractivity contribution in [3.05, 3.63) is 58.2 Å². The van der Waals surface area contributed by atoms with Crippen LogP contribution in [-0.4, -0.2) is 19.5 Å². The molecule has 0 aliphatic carbocycles. The van der Waals surface area contributed by atoms with Crippen LogP contribution in [0.3, 0.4) is 0 Å². The van der Waals surface area contributed by atoms with Crippen LogP contribution in [0.15, 0.2) is 36.7 Å². The number of fused-ring (bicyclic) bond motifs is 1. The number of hydrogen-bond acceptors (Lipinski definition) is 3. The Kier molecular flexibility index (Phi) is 4.61. The molecule has 0 fully saturated rings. The van der Waals surface area contributed by atoms with E-state index < -0.39 is 0 Å². The molecule has 0 saturated carbocycles. The van der Waals surface area contributed by atoms with Gasteiger partial charge >= 0.3 is 0 Å². The van der Waals surface area contributed by atoms with Crippen LogP contribution in [0.5, 0.6) is 0 Å². The third-order valence-corrected chi connectivity index (χ3v) is 4.22. The van der Waals surface area contributed by atoms with Crippen molar-refractivity contribution in [1.82, 2.24) is 19.5 Å². The molecule has 0 amide bonds. The van der Waals surface area contributed by atoms with E-state index in [1.807, 2.05) is 4.57 Å². The van der Waals surface area contributed by atoms with Crippen molar-refractivity contribution in [2.45, 2.75) is 32.7 Å². The molecule has 0 N–H and O–H groups in total. The van der Waals surface area contributed by atoms with E-state index in [0.717, 1.165) is 5.56 Å². The van der Waals surface area contributed by atoms with E-state index in [0.29, 0.717) is 17.7 Å². The maximum absolute atomic E-state index is 6.03. The Labute approximate surface area is 151 Å². The van der Waals surface area contributed by atoms with Gasteiger partial charge in [-0.3, -0.25) is 0 Å². The summed E-state index contributed by atoms with van der Waals surface area (Å²) in [5, 5.41) is 0.390. The molecule has 0 saturated heterocycles. The SMILES string of the molecule is CC(C)(C)c1ccc(/C=C/Cn2cnc3c(Cl)nc(Cl)nc32)cc1. The van der Waals surface area contributed by atoms with Gasteiger partial charge in [0.25, 0.3) is 0 Å². The largest absolute Gasteiger partial charge is 0.311 e. The van der Waals surface area contributed by atoms with Crippen molar-refractivity contribution in [3.8, 4) is 0 Å². The van der Waals surface area contributed by atoms with Gasteiger partial charge in [-0.1, -0.05) is 68.8 Å². The van der Waals surface area contributed by atoms with Crippen molar-refractivity contribution in [3.63, 3.8) is 0 Å². The predicted octanol–water partition coefficient (Wildman–Crippen LogP) is 5.14. The van der Waals surface area contributed by atoms with Gasteiger partial charge in [0, 0.05) is 6.54 Å². The van der Waals surface area contributed by atoms with E-state index in [1.165, 1.54) is 5.56 Å². The van der Waals surface area contributed by atoms with Gasteiger partial charge in [0.15, 0.2) is 10.8 Å². The lowest BCUT2D eigenvalue weighted by Crippen LogP contribution is -2.10. The van der Waals surface area contributed by atoms with Crippen LogP contribution in [0.2, 0.25) is 10.4 Å². The van der Waals surface area contributed by atoms with Crippen molar-refractivity contribution in [1.29, 1.82) is 0 Å². The molecule has 0 aliphatic rings. The zero-order valence-corrected chi connectivity index (χ0v) is 15.3. The van der Waals surface area contributed by atoms with Crippen LogP contribution in [0.1, 0.15) is 31.9 Å². The van der Waals surface area contributed by atoms with Crippen molar-refractivity contribution >= 4 is 40.4 Å².